The Kier molecular flexibility index (Phi) is 5.45. The Bertz CT molecular complexity index is 2790. The van der Waals surface area contributed by atoms with E-state index in [2.05, 4.69) is 132 Å². The maximum atomic E-state index is 5.28. The van der Waals surface area contributed by atoms with Crippen molar-refractivity contribution in [1.29, 1.82) is 0 Å². The maximum absolute atomic E-state index is 5.28. The fourth-order valence-electron chi connectivity index (χ4n) is 7.30. The van der Waals surface area contributed by atoms with E-state index in [4.69, 9.17) is 9.97 Å². The zero-order valence-electron chi connectivity index (χ0n) is 24.7. The Morgan fingerprint density at radius 1 is 0.457 bits per heavy atom. The molecule has 3 heterocycles. The van der Waals surface area contributed by atoms with Crippen molar-refractivity contribution in [2.75, 3.05) is 0 Å². The van der Waals surface area contributed by atoms with E-state index >= 15 is 0 Å². The lowest BCUT2D eigenvalue weighted by molar-refractivity contribution is 1.09. The highest BCUT2D eigenvalue weighted by molar-refractivity contribution is 7.26. The van der Waals surface area contributed by atoms with Crippen LogP contribution in [0.3, 0.4) is 0 Å². The smallest absolute Gasteiger partial charge is 0.159 e. The number of rotatable bonds is 3. The van der Waals surface area contributed by atoms with Crippen molar-refractivity contribution in [3.8, 4) is 28.3 Å². The van der Waals surface area contributed by atoms with Crippen LogP contribution in [-0.2, 0) is 0 Å². The molecular weight excluding hydrogens is 579 g/mol. The SMILES string of the molecule is c1ccc(-c2ncc(-n3c4ccccc4c4c5ccccc5c5c(ccc6sc7ccccc7c65)c43)c(-c3ccccc3)n2)cc1. The molecule has 0 aliphatic rings. The van der Waals surface area contributed by atoms with Crippen LogP contribution in [0, 0.1) is 0 Å². The van der Waals surface area contributed by atoms with Gasteiger partial charge < -0.3 is 4.57 Å². The molecule has 10 rings (SSSR count). The third-order valence-electron chi connectivity index (χ3n) is 9.23. The Morgan fingerprint density at radius 2 is 1.09 bits per heavy atom. The van der Waals surface area contributed by atoms with E-state index in [1.165, 1.54) is 58.0 Å². The minimum Gasteiger partial charge on any atom is -0.305 e. The quantitative estimate of drug-likeness (QED) is 0.188. The lowest BCUT2D eigenvalue weighted by Gasteiger charge is -2.16. The number of benzene rings is 7. The fourth-order valence-corrected chi connectivity index (χ4v) is 8.42. The van der Waals surface area contributed by atoms with E-state index in [-0.39, 0.29) is 0 Å². The van der Waals surface area contributed by atoms with Gasteiger partial charge in [-0.2, -0.15) is 0 Å². The number of nitrogens with zero attached hydrogens (tertiary/aromatic N) is 3. The lowest BCUT2D eigenvalue weighted by Crippen LogP contribution is -2.03. The largest absolute Gasteiger partial charge is 0.305 e. The van der Waals surface area contributed by atoms with Gasteiger partial charge in [0.1, 0.15) is 0 Å². The number of para-hydroxylation sites is 1. The molecule has 0 saturated carbocycles. The van der Waals surface area contributed by atoms with Crippen LogP contribution in [0.15, 0.2) is 152 Å². The van der Waals surface area contributed by atoms with Gasteiger partial charge in [0, 0.05) is 52.8 Å². The molecule has 0 spiro atoms. The van der Waals surface area contributed by atoms with Gasteiger partial charge in [0.05, 0.1) is 28.6 Å². The van der Waals surface area contributed by atoms with Crippen molar-refractivity contribution >= 4 is 74.9 Å². The molecule has 3 nitrogen and oxygen atoms in total. The number of aromatic nitrogens is 3. The first-order chi connectivity index (χ1) is 22.8. The minimum atomic E-state index is 0.714. The Morgan fingerprint density at radius 3 is 1.87 bits per heavy atom. The third-order valence-corrected chi connectivity index (χ3v) is 10.4. The molecule has 4 heteroatoms. The van der Waals surface area contributed by atoms with E-state index in [1.807, 2.05) is 35.7 Å². The standard InChI is InChI=1S/C42H25N3S/c1-3-13-26(14-4-1)40-34(25-43-42(44-40)27-15-5-2-6-16-27)45-33-21-11-9-19-30(33)38-29-18-8-7-17-28(29)37-32(41(38)45)23-24-36-39(37)31-20-10-12-22-35(31)46-36/h1-25H. The van der Waals surface area contributed by atoms with Crippen molar-refractivity contribution in [3.63, 3.8) is 0 Å². The first kappa shape index (κ1) is 25.5. The second-order valence-corrected chi connectivity index (χ2v) is 12.8. The summed E-state index contributed by atoms with van der Waals surface area (Å²) in [5, 5.41) is 10.2. The molecule has 0 N–H and O–H groups in total. The summed E-state index contributed by atoms with van der Waals surface area (Å²) in [6, 6.07) is 51.9. The van der Waals surface area contributed by atoms with Crippen LogP contribution in [-0.4, -0.2) is 14.5 Å². The highest BCUT2D eigenvalue weighted by Crippen LogP contribution is 2.47. The highest BCUT2D eigenvalue weighted by Gasteiger charge is 2.23. The van der Waals surface area contributed by atoms with Crippen LogP contribution in [0.2, 0.25) is 0 Å². The molecule has 0 saturated heterocycles. The zero-order valence-corrected chi connectivity index (χ0v) is 25.5. The van der Waals surface area contributed by atoms with Gasteiger partial charge in [-0.05, 0) is 29.0 Å². The summed E-state index contributed by atoms with van der Waals surface area (Å²) in [5.74, 6) is 0.714. The molecule has 0 radical (unpaired) electrons. The molecule has 0 bridgehead atoms. The van der Waals surface area contributed by atoms with E-state index in [1.54, 1.807) is 0 Å². The van der Waals surface area contributed by atoms with E-state index < -0.39 is 0 Å². The molecule has 3 aromatic heterocycles. The normalized spacial score (nSPS) is 11.9. The van der Waals surface area contributed by atoms with Crippen molar-refractivity contribution < 1.29 is 0 Å². The number of hydrogen-bond donors (Lipinski definition) is 0. The summed E-state index contributed by atoms with van der Waals surface area (Å²) < 4.78 is 5.03. The molecule has 0 fully saturated rings. The van der Waals surface area contributed by atoms with Gasteiger partial charge in [-0.1, -0.05) is 127 Å². The van der Waals surface area contributed by atoms with Gasteiger partial charge in [0.25, 0.3) is 0 Å². The summed E-state index contributed by atoms with van der Waals surface area (Å²) in [4.78, 5) is 10.3. The third kappa shape index (κ3) is 3.59. The van der Waals surface area contributed by atoms with Crippen LogP contribution < -0.4 is 0 Å². The summed E-state index contributed by atoms with van der Waals surface area (Å²) in [5.41, 5.74) is 6.24. The Labute approximate surface area is 268 Å². The number of thiophene rings is 1. The van der Waals surface area contributed by atoms with Crippen LogP contribution in [0.1, 0.15) is 0 Å². The molecule has 0 amide bonds. The molecule has 0 unspecified atom stereocenters. The van der Waals surface area contributed by atoms with Gasteiger partial charge >= 0.3 is 0 Å². The van der Waals surface area contributed by atoms with Crippen LogP contribution >= 0.6 is 11.3 Å². The van der Waals surface area contributed by atoms with Gasteiger partial charge in [-0.3, -0.25) is 0 Å². The van der Waals surface area contributed by atoms with Crippen molar-refractivity contribution in [2.45, 2.75) is 0 Å². The summed E-state index contributed by atoms with van der Waals surface area (Å²) in [6.07, 6.45) is 2.02. The molecule has 0 atom stereocenters. The summed E-state index contributed by atoms with van der Waals surface area (Å²) in [6.45, 7) is 0. The fraction of sp³-hybridized carbons (Fsp3) is 0. The topological polar surface area (TPSA) is 30.7 Å². The predicted octanol–water partition coefficient (Wildman–Crippen LogP) is 11.6. The monoisotopic (exact) mass is 603 g/mol. The second kappa shape index (κ2) is 9.83. The minimum absolute atomic E-state index is 0.714. The van der Waals surface area contributed by atoms with Crippen LogP contribution in [0.25, 0.3) is 91.9 Å². The van der Waals surface area contributed by atoms with E-state index in [9.17, 15) is 0 Å². The highest BCUT2D eigenvalue weighted by atomic mass is 32.1. The van der Waals surface area contributed by atoms with Crippen molar-refractivity contribution in [2.24, 2.45) is 0 Å². The maximum Gasteiger partial charge on any atom is 0.159 e. The van der Waals surface area contributed by atoms with Gasteiger partial charge in [0.2, 0.25) is 0 Å². The van der Waals surface area contributed by atoms with E-state index in [0.29, 0.717) is 5.82 Å². The predicted molar refractivity (Wildman–Crippen MR) is 195 cm³/mol. The Balaban J connectivity index is 1.43. The second-order valence-electron chi connectivity index (χ2n) is 11.7. The molecule has 10 aromatic rings. The van der Waals surface area contributed by atoms with E-state index in [0.717, 1.165) is 28.0 Å². The summed E-state index contributed by atoms with van der Waals surface area (Å²) >= 11 is 1.87. The van der Waals surface area contributed by atoms with Crippen molar-refractivity contribution in [1.82, 2.24) is 14.5 Å². The average molecular weight is 604 g/mol. The zero-order chi connectivity index (χ0) is 30.2. The molecule has 7 aromatic carbocycles. The molecule has 46 heavy (non-hydrogen) atoms. The van der Waals surface area contributed by atoms with Gasteiger partial charge in [-0.15, -0.1) is 11.3 Å². The molecule has 0 aliphatic carbocycles. The van der Waals surface area contributed by atoms with Crippen LogP contribution in [0.4, 0.5) is 0 Å². The van der Waals surface area contributed by atoms with Gasteiger partial charge in [0.15, 0.2) is 5.82 Å². The Hall–Kier alpha value is -5.84. The molecule has 214 valence electrons. The number of hydrogen-bond acceptors (Lipinski definition) is 3. The molecular formula is C42H25N3S. The lowest BCUT2D eigenvalue weighted by atomic mass is 9.94. The summed E-state index contributed by atoms with van der Waals surface area (Å²) in [7, 11) is 0. The molecule has 0 aliphatic heterocycles. The number of fused-ring (bicyclic) bond motifs is 12. The van der Waals surface area contributed by atoms with Crippen LogP contribution in [0.5, 0.6) is 0 Å². The first-order valence-electron chi connectivity index (χ1n) is 15.5. The van der Waals surface area contributed by atoms with Crippen molar-refractivity contribution in [3.05, 3.63) is 152 Å². The average Bonchev–Trinajstić information content (AvgIpc) is 3.69. The first-order valence-corrected chi connectivity index (χ1v) is 16.3. The van der Waals surface area contributed by atoms with Gasteiger partial charge in [-0.25, -0.2) is 9.97 Å².